The van der Waals surface area contributed by atoms with Gasteiger partial charge >= 0.3 is 0 Å². The van der Waals surface area contributed by atoms with E-state index in [9.17, 15) is 18.1 Å². The quantitative estimate of drug-likeness (QED) is 0.230. The summed E-state index contributed by atoms with van der Waals surface area (Å²) in [6, 6.07) is 14.8. The van der Waals surface area contributed by atoms with E-state index >= 15 is 0 Å². The summed E-state index contributed by atoms with van der Waals surface area (Å²) in [6.45, 7) is 4.74. The van der Waals surface area contributed by atoms with Gasteiger partial charge in [-0.1, -0.05) is 25.6 Å². The van der Waals surface area contributed by atoms with Gasteiger partial charge in [-0.05, 0) is 54.6 Å². The first-order chi connectivity index (χ1) is 16.7. The molecule has 0 aliphatic carbocycles. The number of benzene rings is 2. The molecule has 1 atom stereocenters. The van der Waals surface area contributed by atoms with Crippen LogP contribution in [0, 0.1) is 0 Å². The normalized spacial score (nSPS) is 13.0. The molecule has 3 rings (SSSR count). The number of furan rings is 1. The maximum absolute atomic E-state index is 14.7. The first kappa shape index (κ1) is 26.8. The molecule has 0 saturated carbocycles. The van der Waals surface area contributed by atoms with Gasteiger partial charge in [0.25, 0.3) is 19.1 Å². The minimum absolute atomic E-state index is 0.129. The van der Waals surface area contributed by atoms with Crippen LogP contribution in [0.1, 0.15) is 24.4 Å². The summed E-state index contributed by atoms with van der Waals surface area (Å²) in [5, 5.41) is 6.41. The van der Waals surface area contributed by atoms with Gasteiger partial charge in [0.1, 0.15) is 0 Å². The number of carbonyl (C=O) groups is 1. The molecular weight excluding hydrogens is 493 g/mol. The molecule has 11 heteroatoms. The third-order valence-electron chi connectivity index (χ3n) is 5.30. The predicted octanol–water partition coefficient (Wildman–Crippen LogP) is 6.18. The van der Waals surface area contributed by atoms with E-state index in [1.54, 1.807) is 53.2 Å². The molecule has 3 aromatic rings. The van der Waals surface area contributed by atoms with Crippen molar-refractivity contribution in [3.63, 3.8) is 0 Å². The zero-order chi connectivity index (χ0) is 25.6. The van der Waals surface area contributed by atoms with Crippen molar-refractivity contribution in [1.82, 2.24) is 4.67 Å². The van der Waals surface area contributed by atoms with Crippen LogP contribution in [0.3, 0.4) is 0 Å². The number of rotatable bonds is 11. The average molecular weight is 523 g/mol. The van der Waals surface area contributed by atoms with Gasteiger partial charge in [-0.25, -0.2) is 4.67 Å². The van der Waals surface area contributed by atoms with Crippen LogP contribution in [0.5, 0.6) is 0 Å². The average Bonchev–Trinajstić information content (AvgIpc) is 3.36. The maximum atomic E-state index is 14.7. The lowest BCUT2D eigenvalue weighted by Gasteiger charge is -2.33. The van der Waals surface area contributed by atoms with E-state index in [-0.39, 0.29) is 5.76 Å². The molecule has 2 aromatic carbocycles. The third-order valence-corrected chi connectivity index (χ3v) is 8.99. The van der Waals surface area contributed by atoms with E-state index in [1.807, 2.05) is 38.9 Å². The largest absolute Gasteiger partial charge is 0.459 e. The number of hydrogen-bond donors (Lipinski definition) is 2. The monoisotopic (exact) mass is 522 g/mol. The highest BCUT2D eigenvalue weighted by Crippen LogP contribution is 2.50. The van der Waals surface area contributed by atoms with Gasteiger partial charge in [-0.2, -0.15) is 8.78 Å². The Labute approximate surface area is 208 Å². The third kappa shape index (κ3) is 6.45. The Balaban J connectivity index is 2.07. The molecule has 1 aromatic heterocycles. The van der Waals surface area contributed by atoms with Crippen LogP contribution in [0.25, 0.3) is 0 Å². The van der Waals surface area contributed by atoms with Crippen molar-refractivity contribution in [2.45, 2.75) is 24.5 Å². The number of nitrogens with one attached hydrogen (secondary N) is 2. The molecule has 0 aliphatic heterocycles. The molecule has 7 nitrogen and oxygen atoms in total. The van der Waals surface area contributed by atoms with Crippen molar-refractivity contribution in [2.24, 2.45) is 0 Å². The molecule has 0 saturated heterocycles. The maximum Gasteiger partial charge on any atom is 0.291 e. The topological polar surface area (TPSA) is 77.8 Å². The number of carbonyl (C=O) groups excluding carboxylic acids is 1. The summed E-state index contributed by atoms with van der Waals surface area (Å²) < 4.78 is 47.1. The molecule has 35 heavy (non-hydrogen) atoms. The highest BCUT2D eigenvalue weighted by atomic mass is 32.2. The molecule has 0 unspecified atom stereocenters. The number of anilines is 3. The Kier molecular flexibility index (Phi) is 8.99. The van der Waals surface area contributed by atoms with E-state index < -0.39 is 19.1 Å². The van der Waals surface area contributed by atoms with Gasteiger partial charge in [0.05, 0.1) is 17.3 Å². The molecule has 1 heterocycles. The Hall–Kier alpha value is -2.81. The fourth-order valence-electron chi connectivity index (χ4n) is 3.55. The van der Waals surface area contributed by atoms with Crippen molar-refractivity contribution in [3.05, 3.63) is 66.6 Å². The van der Waals surface area contributed by atoms with Crippen LogP contribution in [-0.2, 0) is 4.57 Å². The molecule has 0 fully saturated rings. The molecular formula is C24H29F2N4O3PS. The number of nitrogens with zero attached hydrogens (tertiary/aromatic N) is 2. The van der Waals surface area contributed by atoms with Crippen molar-refractivity contribution in [1.29, 1.82) is 0 Å². The minimum atomic E-state index is -3.50. The zero-order valence-corrected chi connectivity index (χ0v) is 21.7. The summed E-state index contributed by atoms with van der Waals surface area (Å²) in [5.41, 5.74) is 1.70. The smallest absolute Gasteiger partial charge is 0.291 e. The fourth-order valence-corrected chi connectivity index (χ4v) is 6.63. The summed E-state index contributed by atoms with van der Waals surface area (Å²) in [4.78, 5) is 15.1. The van der Waals surface area contributed by atoms with Crippen LogP contribution in [0.4, 0.5) is 25.8 Å². The van der Waals surface area contributed by atoms with Gasteiger partial charge in [0.15, 0.2) is 5.76 Å². The Morgan fingerprint density at radius 2 is 1.77 bits per heavy atom. The Bertz CT molecular complexity index is 1170. The van der Waals surface area contributed by atoms with Crippen molar-refractivity contribution >= 4 is 47.5 Å². The summed E-state index contributed by atoms with van der Waals surface area (Å²) >= 11 is 0.447. The van der Waals surface area contributed by atoms with Gasteiger partial charge in [-0.3, -0.25) is 9.36 Å². The number of alkyl halides is 2. The summed E-state index contributed by atoms with van der Waals surface area (Å²) in [7, 11) is 0.236. The highest BCUT2D eigenvalue weighted by Gasteiger charge is 2.34. The van der Waals surface area contributed by atoms with Gasteiger partial charge in [0.2, 0.25) is 0 Å². The fraction of sp³-hybridized carbons (Fsp3) is 0.292. The standard InChI is InChI=1S/C24H29F2N4O3PS/c1-5-30(6-2)34(32,28-17-9-12-19(13-10-17)35-24(25)26)22-14-11-18(29(3)4)16-20(22)27-23(31)21-8-7-15-33-21/h7-16,24H,5-6H2,1-4H3,(H,27,31)(H,28,32)/t34-/m0/s1. The lowest BCUT2D eigenvalue weighted by molar-refractivity contribution is 0.0996. The molecule has 1 amide bonds. The molecule has 0 aliphatic rings. The SMILES string of the molecule is CCN(CC)[P@@](=O)(Nc1ccc(SC(F)F)cc1)c1ccc(N(C)C)cc1NC(=O)c1ccco1. The zero-order valence-electron chi connectivity index (χ0n) is 20.0. The molecule has 0 spiro atoms. The van der Waals surface area contributed by atoms with E-state index in [4.69, 9.17) is 4.42 Å². The second kappa shape index (κ2) is 11.7. The van der Waals surface area contributed by atoms with Crippen molar-refractivity contribution < 1.29 is 22.6 Å². The Morgan fingerprint density at radius 3 is 2.31 bits per heavy atom. The first-order valence-electron chi connectivity index (χ1n) is 11.0. The second-order valence-corrected chi connectivity index (χ2v) is 11.2. The first-order valence-corrected chi connectivity index (χ1v) is 13.6. The Morgan fingerprint density at radius 1 is 1.09 bits per heavy atom. The van der Waals surface area contributed by atoms with Gasteiger partial charge in [0, 0.05) is 43.5 Å². The van der Waals surface area contributed by atoms with E-state index in [0.29, 0.717) is 46.4 Å². The van der Waals surface area contributed by atoms with E-state index in [2.05, 4.69) is 10.4 Å². The van der Waals surface area contributed by atoms with Gasteiger partial charge < -0.3 is 19.7 Å². The van der Waals surface area contributed by atoms with Gasteiger partial charge in [-0.15, -0.1) is 0 Å². The highest BCUT2D eigenvalue weighted by molar-refractivity contribution is 7.99. The summed E-state index contributed by atoms with van der Waals surface area (Å²) in [5.74, 6) is -2.86. The van der Waals surface area contributed by atoms with Crippen LogP contribution in [0.2, 0.25) is 0 Å². The molecule has 2 N–H and O–H groups in total. The second-order valence-electron chi connectivity index (χ2n) is 7.76. The van der Waals surface area contributed by atoms with Crippen LogP contribution in [-0.4, -0.2) is 43.5 Å². The van der Waals surface area contributed by atoms with E-state index in [0.717, 1.165) is 5.69 Å². The molecule has 188 valence electrons. The lowest BCUT2D eigenvalue weighted by atomic mass is 10.2. The number of amides is 1. The molecule has 0 radical (unpaired) electrons. The number of halogens is 2. The summed E-state index contributed by atoms with van der Waals surface area (Å²) in [6.07, 6.45) is 1.41. The van der Waals surface area contributed by atoms with Crippen LogP contribution in [0.15, 0.2) is 70.2 Å². The van der Waals surface area contributed by atoms with Crippen molar-refractivity contribution in [3.8, 4) is 0 Å². The predicted molar refractivity (Wildman–Crippen MR) is 140 cm³/mol. The number of thioether (sulfide) groups is 1. The number of hydrogen-bond acceptors (Lipinski definition) is 5. The molecule has 0 bridgehead atoms. The minimum Gasteiger partial charge on any atom is -0.459 e. The van der Waals surface area contributed by atoms with Crippen molar-refractivity contribution in [2.75, 3.05) is 42.5 Å². The lowest BCUT2D eigenvalue weighted by Crippen LogP contribution is -2.32. The van der Waals surface area contributed by atoms with Crippen LogP contribution < -0.4 is 20.6 Å². The van der Waals surface area contributed by atoms with Crippen LogP contribution >= 0.6 is 19.2 Å². The van der Waals surface area contributed by atoms with E-state index in [1.165, 1.54) is 6.26 Å².